The summed E-state index contributed by atoms with van der Waals surface area (Å²) in [6.07, 6.45) is 7.51. The van der Waals surface area contributed by atoms with E-state index in [0.717, 1.165) is 25.7 Å². The minimum atomic E-state index is -0.426. The molecule has 0 aliphatic rings. The molecule has 0 aliphatic carbocycles. The molecule has 5 nitrogen and oxygen atoms in total. The average molecular weight is 304 g/mol. The van der Waals surface area contributed by atoms with Crippen LogP contribution in [0.4, 0.5) is 10.1 Å². The summed E-state index contributed by atoms with van der Waals surface area (Å²) in [5.41, 5.74) is 6.22. The Morgan fingerprint density at radius 2 is 2.09 bits per heavy atom. The molecule has 1 amide bonds. The summed E-state index contributed by atoms with van der Waals surface area (Å²) in [6.45, 7) is 0.689. The molecule has 0 spiro atoms. The Bertz CT molecular complexity index is 598. The Balaban J connectivity index is 1.85. The van der Waals surface area contributed by atoms with E-state index in [9.17, 15) is 9.18 Å². The predicted molar refractivity (Wildman–Crippen MR) is 84.3 cm³/mol. The summed E-state index contributed by atoms with van der Waals surface area (Å²) in [5.74, 6) is -0.525. The Morgan fingerprint density at radius 3 is 2.77 bits per heavy atom. The fourth-order valence-electron chi connectivity index (χ4n) is 2.19. The van der Waals surface area contributed by atoms with Crippen molar-refractivity contribution in [3.05, 3.63) is 42.5 Å². The summed E-state index contributed by atoms with van der Waals surface area (Å²) in [4.78, 5) is 11.8. The number of hydrogen-bond acceptors (Lipinski definition) is 3. The molecule has 0 radical (unpaired) electrons. The molecule has 0 saturated heterocycles. The van der Waals surface area contributed by atoms with E-state index in [-0.39, 0.29) is 5.91 Å². The van der Waals surface area contributed by atoms with Gasteiger partial charge in [0, 0.05) is 24.5 Å². The smallest absolute Gasteiger partial charge is 0.224 e. The molecular formula is C16H21FN4O. The maximum Gasteiger partial charge on any atom is 0.224 e. The highest BCUT2D eigenvalue weighted by molar-refractivity contribution is 5.90. The number of hydrogen-bond donors (Lipinski definition) is 2. The van der Waals surface area contributed by atoms with E-state index in [4.69, 9.17) is 5.73 Å². The van der Waals surface area contributed by atoms with Crippen LogP contribution >= 0.6 is 0 Å². The van der Waals surface area contributed by atoms with Crippen LogP contribution in [0.25, 0.3) is 5.69 Å². The molecule has 0 unspecified atom stereocenters. The van der Waals surface area contributed by atoms with Crippen molar-refractivity contribution >= 4 is 11.6 Å². The van der Waals surface area contributed by atoms with Crippen molar-refractivity contribution in [2.45, 2.75) is 32.1 Å². The zero-order chi connectivity index (χ0) is 15.8. The van der Waals surface area contributed by atoms with E-state index in [1.807, 2.05) is 0 Å². The first-order valence-corrected chi connectivity index (χ1v) is 7.50. The van der Waals surface area contributed by atoms with Crippen LogP contribution in [0.2, 0.25) is 0 Å². The van der Waals surface area contributed by atoms with Crippen molar-refractivity contribution < 1.29 is 9.18 Å². The van der Waals surface area contributed by atoms with Crippen molar-refractivity contribution in [2.24, 2.45) is 5.73 Å². The highest BCUT2D eigenvalue weighted by atomic mass is 19.1. The van der Waals surface area contributed by atoms with Gasteiger partial charge >= 0.3 is 0 Å². The average Bonchev–Trinajstić information content (AvgIpc) is 3.01. The van der Waals surface area contributed by atoms with E-state index >= 15 is 0 Å². The number of benzene rings is 1. The number of unbranched alkanes of at least 4 members (excludes halogenated alkanes) is 3. The maximum absolute atomic E-state index is 14.0. The van der Waals surface area contributed by atoms with Crippen LogP contribution in [-0.4, -0.2) is 22.2 Å². The minimum Gasteiger partial charge on any atom is -0.330 e. The van der Waals surface area contributed by atoms with Gasteiger partial charge in [-0.25, -0.2) is 9.07 Å². The third-order valence-electron chi connectivity index (χ3n) is 3.34. The number of rotatable bonds is 8. The van der Waals surface area contributed by atoms with Crippen LogP contribution in [0, 0.1) is 5.82 Å². The normalized spacial score (nSPS) is 10.6. The van der Waals surface area contributed by atoms with E-state index in [1.54, 1.807) is 30.6 Å². The van der Waals surface area contributed by atoms with Gasteiger partial charge in [0.2, 0.25) is 5.91 Å². The third-order valence-corrected chi connectivity index (χ3v) is 3.34. The first-order chi connectivity index (χ1) is 10.7. The maximum atomic E-state index is 14.0. The van der Waals surface area contributed by atoms with E-state index < -0.39 is 5.82 Å². The number of carbonyl (C=O) groups excluding carboxylic acids is 1. The zero-order valence-electron chi connectivity index (χ0n) is 12.5. The number of amides is 1. The monoisotopic (exact) mass is 304 g/mol. The summed E-state index contributed by atoms with van der Waals surface area (Å²) in [5, 5.41) is 6.70. The first kappa shape index (κ1) is 16.2. The lowest BCUT2D eigenvalue weighted by Gasteiger charge is -2.08. The fourth-order valence-corrected chi connectivity index (χ4v) is 2.19. The third kappa shape index (κ3) is 4.66. The molecule has 0 saturated carbocycles. The SMILES string of the molecule is NCCCCCCC(=O)Nc1ccc(-n2cccn2)c(F)c1. The number of nitrogens with one attached hydrogen (secondary N) is 1. The van der Waals surface area contributed by atoms with Crippen LogP contribution in [-0.2, 0) is 4.79 Å². The quantitative estimate of drug-likeness (QED) is 0.737. The number of anilines is 1. The van der Waals surface area contributed by atoms with Crippen LogP contribution < -0.4 is 11.1 Å². The second-order valence-corrected chi connectivity index (χ2v) is 5.12. The molecule has 0 aliphatic heterocycles. The topological polar surface area (TPSA) is 72.9 Å². The molecule has 2 aromatic rings. The number of halogens is 1. The zero-order valence-corrected chi connectivity index (χ0v) is 12.5. The van der Waals surface area contributed by atoms with Crippen molar-refractivity contribution in [3.8, 4) is 5.69 Å². The molecule has 0 bridgehead atoms. The van der Waals surface area contributed by atoms with Gasteiger partial charge in [-0.05, 0) is 43.7 Å². The Morgan fingerprint density at radius 1 is 1.27 bits per heavy atom. The van der Waals surface area contributed by atoms with Crippen molar-refractivity contribution in [2.75, 3.05) is 11.9 Å². The lowest BCUT2D eigenvalue weighted by molar-refractivity contribution is -0.116. The molecule has 0 atom stereocenters. The molecule has 1 heterocycles. The summed E-state index contributed by atoms with van der Waals surface area (Å²) < 4.78 is 15.5. The van der Waals surface area contributed by atoms with Gasteiger partial charge in [0.15, 0.2) is 5.82 Å². The van der Waals surface area contributed by atoms with Gasteiger partial charge in [0.1, 0.15) is 5.69 Å². The van der Waals surface area contributed by atoms with Gasteiger partial charge in [0.25, 0.3) is 0 Å². The predicted octanol–water partition coefficient (Wildman–Crippen LogP) is 2.86. The molecule has 0 fully saturated rings. The molecule has 1 aromatic heterocycles. The Hall–Kier alpha value is -2.21. The minimum absolute atomic E-state index is 0.0982. The summed E-state index contributed by atoms with van der Waals surface area (Å²) in [6, 6.07) is 6.30. The molecule has 118 valence electrons. The Kier molecular flexibility index (Phi) is 6.09. The van der Waals surface area contributed by atoms with E-state index in [1.165, 1.54) is 10.7 Å². The molecule has 6 heteroatoms. The van der Waals surface area contributed by atoms with Crippen molar-refractivity contribution in [3.63, 3.8) is 0 Å². The van der Waals surface area contributed by atoms with Crippen LogP contribution in [0.5, 0.6) is 0 Å². The number of carbonyl (C=O) groups is 1. The van der Waals surface area contributed by atoms with Gasteiger partial charge in [-0.2, -0.15) is 5.10 Å². The molecule has 1 aromatic carbocycles. The highest BCUT2D eigenvalue weighted by Crippen LogP contribution is 2.18. The second kappa shape index (κ2) is 8.29. The fraction of sp³-hybridized carbons (Fsp3) is 0.375. The van der Waals surface area contributed by atoms with Gasteiger partial charge in [0.05, 0.1) is 0 Å². The van der Waals surface area contributed by atoms with Crippen LogP contribution in [0.1, 0.15) is 32.1 Å². The van der Waals surface area contributed by atoms with Gasteiger partial charge in [-0.15, -0.1) is 0 Å². The Labute approximate surface area is 129 Å². The van der Waals surface area contributed by atoms with Crippen molar-refractivity contribution in [1.82, 2.24) is 9.78 Å². The largest absolute Gasteiger partial charge is 0.330 e. The van der Waals surface area contributed by atoms with E-state index in [0.29, 0.717) is 24.3 Å². The standard InChI is InChI=1S/C16H21FN4O/c17-14-12-13(7-8-15(14)21-11-5-10-19-21)20-16(22)6-3-1-2-4-9-18/h5,7-8,10-12H,1-4,6,9,18H2,(H,20,22). The van der Waals surface area contributed by atoms with Crippen LogP contribution in [0.3, 0.4) is 0 Å². The molecule has 2 rings (SSSR count). The summed E-state index contributed by atoms with van der Waals surface area (Å²) in [7, 11) is 0. The highest BCUT2D eigenvalue weighted by Gasteiger charge is 2.08. The van der Waals surface area contributed by atoms with Gasteiger partial charge in [-0.1, -0.05) is 12.8 Å². The summed E-state index contributed by atoms with van der Waals surface area (Å²) >= 11 is 0. The van der Waals surface area contributed by atoms with Gasteiger partial charge in [-0.3, -0.25) is 4.79 Å². The molecule has 3 N–H and O–H groups in total. The second-order valence-electron chi connectivity index (χ2n) is 5.12. The molecular weight excluding hydrogens is 283 g/mol. The lowest BCUT2D eigenvalue weighted by Crippen LogP contribution is -2.11. The van der Waals surface area contributed by atoms with Crippen molar-refractivity contribution in [1.29, 1.82) is 0 Å². The first-order valence-electron chi connectivity index (χ1n) is 7.50. The molecule has 22 heavy (non-hydrogen) atoms. The lowest BCUT2D eigenvalue weighted by atomic mass is 10.1. The number of aromatic nitrogens is 2. The van der Waals surface area contributed by atoms with Gasteiger partial charge < -0.3 is 11.1 Å². The van der Waals surface area contributed by atoms with Crippen LogP contribution in [0.15, 0.2) is 36.7 Å². The number of nitrogens with two attached hydrogens (primary N) is 1. The number of nitrogens with zero attached hydrogens (tertiary/aromatic N) is 2. The van der Waals surface area contributed by atoms with E-state index in [2.05, 4.69) is 10.4 Å².